The largest absolute Gasteiger partial charge is 0.440 e. The molecule has 5 rings (SSSR count). The van der Waals surface area contributed by atoms with Gasteiger partial charge >= 0.3 is 6.09 Å². The molecule has 4 heterocycles. The van der Waals surface area contributed by atoms with E-state index < -0.39 is 5.54 Å². The van der Waals surface area contributed by atoms with E-state index in [9.17, 15) is 4.79 Å². The number of amides is 1. The average molecular weight is 509 g/mol. The lowest BCUT2D eigenvalue weighted by Crippen LogP contribution is -2.47. The zero-order valence-corrected chi connectivity index (χ0v) is 22.2. The van der Waals surface area contributed by atoms with Crippen molar-refractivity contribution in [3.05, 3.63) is 59.7 Å². The Kier molecular flexibility index (Phi) is 7.05. The number of rotatable bonds is 5. The summed E-state index contributed by atoms with van der Waals surface area (Å²) in [5.74, 6) is 1.30. The number of aliphatic imine (C=N–C) groups is 1. The molecule has 1 amide bonds. The van der Waals surface area contributed by atoms with Gasteiger partial charge in [-0.2, -0.15) is 13.5 Å². The highest BCUT2D eigenvalue weighted by Crippen LogP contribution is 2.39. The van der Waals surface area contributed by atoms with E-state index >= 15 is 0 Å². The van der Waals surface area contributed by atoms with Crippen LogP contribution < -0.4 is 5.32 Å². The van der Waals surface area contributed by atoms with Crippen molar-refractivity contribution in [2.24, 2.45) is 12.0 Å². The summed E-state index contributed by atoms with van der Waals surface area (Å²) in [6.07, 6.45) is 2.51. The van der Waals surface area contributed by atoms with E-state index in [1.165, 1.54) is 6.33 Å². The normalized spacial score (nSPS) is 17.2. The zero-order valence-electron chi connectivity index (χ0n) is 21.2. The van der Waals surface area contributed by atoms with Gasteiger partial charge < -0.3 is 19.5 Å². The molecule has 0 radical (unpaired) electrons. The van der Waals surface area contributed by atoms with Crippen LogP contribution in [0.25, 0.3) is 11.2 Å². The number of carbonyl (C=O) groups is 1. The fourth-order valence-electron chi connectivity index (χ4n) is 4.70. The fourth-order valence-corrected chi connectivity index (χ4v) is 4.70. The molecule has 0 fully saturated rings. The molecule has 11 heteroatoms. The lowest BCUT2D eigenvalue weighted by Gasteiger charge is -2.35. The van der Waals surface area contributed by atoms with Crippen molar-refractivity contribution in [3.8, 4) is 0 Å². The first-order chi connectivity index (χ1) is 16.8. The second-order valence-electron chi connectivity index (χ2n) is 9.69. The van der Waals surface area contributed by atoms with Crippen LogP contribution in [0.5, 0.6) is 0 Å². The lowest BCUT2D eigenvalue weighted by atomic mass is 9.94. The van der Waals surface area contributed by atoms with Crippen LogP contribution >= 0.6 is 13.5 Å². The van der Waals surface area contributed by atoms with Crippen LogP contribution in [0.2, 0.25) is 0 Å². The zero-order chi connectivity index (χ0) is 24.7. The highest BCUT2D eigenvalue weighted by atomic mass is 32.1. The second kappa shape index (κ2) is 9.90. The number of likely N-dealkylation sites (N-methyl/N-ethyl adjacent to an activating group) is 1. The molecular weight excluding hydrogens is 476 g/mol. The van der Waals surface area contributed by atoms with Gasteiger partial charge in [-0.25, -0.2) is 19.7 Å². The van der Waals surface area contributed by atoms with Gasteiger partial charge in [-0.15, -0.1) is 0 Å². The van der Waals surface area contributed by atoms with Crippen LogP contribution in [0.15, 0.2) is 59.1 Å². The molecule has 10 nitrogen and oxygen atoms in total. The Morgan fingerprint density at radius 3 is 2.67 bits per heavy atom. The molecule has 1 N–H and O–H groups in total. The predicted octanol–water partition coefficient (Wildman–Crippen LogP) is 3.13. The molecule has 0 spiro atoms. The molecule has 1 atom stereocenters. The molecular formula is C25H32N8O2S. The van der Waals surface area contributed by atoms with E-state index in [0.717, 1.165) is 22.4 Å². The summed E-state index contributed by atoms with van der Waals surface area (Å²) in [4.78, 5) is 35.1. The van der Waals surface area contributed by atoms with Crippen molar-refractivity contribution in [1.29, 1.82) is 0 Å². The number of ether oxygens (including phenoxy) is 1. The smallest absolute Gasteiger partial charge is 0.411 e. The molecule has 0 bridgehead atoms. The van der Waals surface area contributed by atoms with Crippen molar-refractivity contribution in [2.75, 3.05) is 39.0 Å². The third-order valence-electron chi connectivity index (χ3n) is 6.67. The average Bonchev–Trinajstić information content (AvgIpc) is 3.48. The maximum Gasteiger partial charge on any atom is 0.411 e. The second-order valence-corrected chi connectivity index (χ2v) is 9.69. The maximum absolute atomic E-state index is 13.5. The van der Waals surface area contributed by atoms with Crippen molar-refractivity contribution in [1.82, 2.24) is 29.3 Å². The van der Waals surface area contributed by atoms with Crippen LogP contribution in [0.4, 0.5) is 10.6 Å². The van der Waals surface area contributed by atoms with E-state index in [-0.39, 0.29) is 25.7 Å². The monoisotopic (exact) mass is 508 g/mol. The van der Waals surface area contributed by atoms with E-state index in [1.807, 2.05) is 74.8 Å². The Balaban J connectivity index is 0.00000304. The van der Waals surface area contributed by atoms with Crippen molar-refractivity contribution < 1.29 is 9.53 Å². The highest BCUT2D eigenvalue weighted by Gasteiger charge is 2.46. The number of nitrogens with zero attached hydrogens (tertiary/aromatic N) is 7. The minimum absolute atomic E-state index is 0. The van der Waals surface area contributed by atoms with Crippen LogP contribution in [0, 0.1) is 0 Å². The summed E-state index contributed by atoms with van der Waals surface area (Å²) in [6.45, 7) is 5.61. The molecule has 0 aliphatic carbocycles. The molecule has 1 aromatic carbocycles. The fraction of sp³-hybridized carbons (Fsp3) is 0.400. The summed E-state index contributed by atoms with van der Waals surface area (Å²) in [6, 6.07) is 9.86. The Morgan fingerprint density at radius 2 is 1.94 bits per heavy atom. The summed E-state index contributed by atoms with van der Waals surface area (Å²) >= 11 is 0. The first-order valence-electron chi connectivity index (χ1n) is 11.6. The number of amidine groups is 1. The van der Waals surface area contributed by atoms with Crippen molar-refractivity contribution in [3.63, 3.8) is 0 Å². The predicted molar refractivity (Wildman–Crippen MR) is 145 cm³/mol. The number of hydrogen-bond acceptors (Lipinski definition) is 8. The lowest BCUT2D eigenvalue weighted by molar-refractivity contribution is 0.0383. The number of carbonyl (C=O) groups excluding carboxylic acids is 1. The van der Waals surface area contributed by atoms with Crippen LogP contribution in [-0.4, -0.2) is 80.5 Å². The highest BCUT2D eigenvalue weighted by molar-refractivity contribution is 7.59. The first kappa shape index (κ1) is 25.6. The Hall–Kier alpha value is -3.44. The number of fused-ring (bicyclic) bond motifs is 1. The summed E-state index contributed by atoms with van der Waals surface area (Å²) in [7, 11) is 5.83. The molecule has 3 aromatic rings. The number of imidazole rings is 1. The number of benzene rings is 1. The Labute approximate surface area is 217 Å². The van der Waals surface area contributed by atoms with Gasteiger partial charge in [0.1, 0.15) is 18.3 Å². The molecule has 36 heavy (non-hydrogen) atoms. The van der Waals surface area contributed by atoms with Gasteiger partial charge in [-0.1, -0.05) is 30.3 Å². The summed E-state index contributed by atoms with van der Waals surface area (Å²) in [5.41, 5.74) is 3.96. The van der Waals surface area contributed by atoms with Gasteiger partial charge in [0.15, 0.2) is 17.0 Å². The van der Waals surface area contributed by atoms with E-state index in [4.69, 9.17) is 9.73 Å². The van der Waals surface area contributed by atoms with E-state index in [0.29, 0.717) is 36.8 Å². The minimum atomic E-state index is -0.523. The molecule has 190 valence electrons. The molecule has 2 aromatic heterocycles. The Morgan fingerprint density at radius 1 is 1.19 bits per heavy atom. The third-order valence-corrected chi connectivity index (χ3v) is 6.67. The quantitative estimate of drug-likeness (QED) is 0.565. The van der Waals surface area contributed by atoms with Crippen LogP contribution in [0.1, 0.15) is 25.5 Å². The minimum Gasteiger partial charge on any atom is -0.440 e. The molecule has 2 aliphatic rings. The van der Waals surface area contributed by atoms with Gasteiger partial charge in [-0.3, -0.25) is 9.89 Å². The van der Waals surface area contributed by atoms with Crippen LogP contribution in [-0.2, 0) is 11.8 Å². The van der Waals surface area contributed by atoms with Gasteiger partial charge in [0.05, 0.1) is 25.0 Å². The van der Waals surface area contributed by atoms with Crippen molar-refractivity contribution in [2.45, 2.75) is 25.5 Å². The number of anilines is 1. The SMILES string of the molecule is CN(C)C[C@@H](OC(=O)N1CC2=C(CN=C2Nc2ncnc3c2ncn3C)C1(C)C)c1ccccc1.S. The molecule has 0 saturated heterocycles. The van der Waals surface area contributed by atoms with E-state index in [2.05, 4.69) is 20.3 Å². The molecule has 0 unspecified atom stereocenters. The standard InChI is InChI=1S/C25H30N8O2.H2S/c1-25(2)18-11-26-21(30-22-20-23(28-14-27-22)32(5)15-29-20)17(18)12-33(25)24(34)35-19(13-31(3)4)16-9-7-6-8-10-16;/h6-10,14-15,19H,11-13H2,1-5H3,(H,26,27,28,30);1H2/t19-;/m1./s1. The first-order valence-corrected chi connectivity index (χ1v) is 11.6. The van der Waals surface area contributed by atoms with Gasteiger partial charge in [0, 0.05) is 19.2 Å². The number of hydrogen-bond donors (Lipinski definition) is 1. The molecule has 0 saturated carbocycles. The van der Waals surface area contributed by atoms with Gasteiger partial charge in [0.25, 0.3) is 0 Å². The topological polar surface area (TPSA) is 101 Å². The number of nitrogens with one attached hydrogen (secondary N) is 1. The number of aryl methyl sites for hydroxylation is 1. The summed E-state index contributed by atoms with van der Waals surface area (Å²) < 4.78 is 7.92. The molecule has 2 aliphatic heterocycles. The Bertz CT molecular complexity index is 1330. The van der Waals surface area contributed by atoms with Gasteiger partial charge in [-0.05, 0) is 39.1 Å². The third kappa shape index (κ3) is 4.56. The number of aromatic nitrogens is 4. The maximum atomic E-state index is 13.5. The van der Waals surface area contributed by atoms with E-state index in [1.54, 1.807) is 11.2 Å². The van der Waals surface area contributed by atoms with Crippen molar-refractivity contribution >= 4 is 42.4 Å². The summed E-state index contributed by atoms with van der Waals surface area (Å²) in [5, 5.41) is 3.34. The van der Waals surface area contributed by atoms with Gasteiger partial charge in [0.2, 0.25) is 0 Å². The van der Waals surface area contributed by atoms with Crippen LogP contribution in [0.3, 0.4) is 0 Å².